The Morgan fingerprint density at radius 3 is 2.52 bits per heavy atom. The molecule has 1 N–H and O–H groups in total. The fourth-order valence-electron chi connectivity index (χ4n) is 3.60. The van der Waals surface area contributed by atoms with E-state index >= 15 is 0 Å². The first kappa shape index (κ1) is 18.9. The SMILES string of the molecule is C[C@@H](c1c[nH]c(=O)c2cc(F)c(F)cc12)N(C)C(=O)c1ccc2ccn(C)c2c1. The Kier molecular flexibility index (Phi) is 4.45. The molecule has 4 rings (SSSR count). The maximum Gasteiger partial charge on any atom is 0.255 e. The number of halogens is 2. The van der Waals surface area contributed by atoms with Crippen LogP contribution >= 0.6 is 0 Å². The van der Waals surface area contributed by atoms with Crippen LogP contribution in [0.15, 0.2) is 53.6 Å². The predicted molar refractivity (Wildman–Crippen MR) is 108 cm³/mol. The number of rotatable bonds is 3. The molecule has 2 aromatic carbocycles. The molecule has 0 spiro atoms. The van der Waals surface area contributed by atoms with Gasteiger partial charge in [-0.3, -0.25) is 9.59 Å². The standard InChI is InChI=1S/C22H19F2N3O2/c1-12(17-11-25-21(28)16-10-19(24)18(23)9-15(16)17)27(3)22(29)14-5-4-13-6-7-26(2)20(13)8-14/h4-12H,1-3H3,(H,25,28)/t12-/m0/s1. The van der Waals surface area contributed by atoms with Crippen LogP contribution in [0.1, 0.15) is 28.9 Å². The van der Waals surface area contributed by atoms with Gasteiger partial charge in [0.25, 0.3) is 11.5 Å². The van der Waals surface area contributed by atoms with Crippen LogP contribution in [-0.4, -0.2) is 27.4 Å². The maximum atomic E-state index is 13.8. The summed E-state index contributed by atoms with van der Waals surface area (Å²) in [4.78, 5) is 29.2. The molecular formula is C22H19F2N3O2. The highest BCUT2D eigenvalue weighted by molar-refractivity contribution is 5.98. The van der Waals surface area contributed by atoms with Gasteiger partial charge in [0.15, 0.2) is 11.6 Å². The van der Waals surface area contributed by atoms with Crippen LogP contribution in [0.2, 0.25) is 0 Å². The summed E-state index contributed by atoms with van der Waals surface area (Å²) in [5.41, 5.74) is 1.45. The van der Waals surface area contributed by atoms with Crippen molar-refractivity contribution >= 4 is 27.6 Å². The second kappa shape index (κ2) is 6.84. The van der Waals surface area contributed by atoms with Crippen molar-refractivity contribution in [1.29, 1.82) is 0 Å². The van der Waals surface area contributed by atoms with E-state index in [0.29, 0.717) is 11.1 Å². The molecule has 1 atom stereocenters. The highest BCUT2D eigenvalue weighted by Crippen LogP contribution is 2.28. The zero-order valence-electron chi connectivity index (χ0n) is 16.2. The molecule has 0 aliphatic rings. The van der Waals surface area contributed by atoms with Gasteiger partial charge in [0, 0.05) is 37.6 Å². The van der Waals surface area contributed by atoms with E-state index in [1.165, 1.54) is 11.1 Å². The molecule has 4 aromatic rings. The third-order valence-electron chi connectivity index (χ3n) is 5.46. The molecule has 0 fully saturated rings. The minimum atomic E-state index is -1.09. The smallest absolute Gasteiger partial charge is 0.255 e. The lowest BCUT2D eigenvalue weighted by Gasteiger charge is -2.26. The number of amides is 1. The third kappa shape index (κ3) is 3.08. The van der Waals surface area contributed by atoms with Gasteiger partial charge in [-0.15, -0.1) is 0 Å². The number of aromatic nitrogens is 2. The van der Waals surface area contributed by atoms with Gasteiger partial charge in [-0.25, -0.2) is 8.78 Å². The molecule has 0 saturated heterocycles. The second-order valence-corrected chi connectivity index (χ2v) is 7.18. The van der Waals surface area contributed by atoms with Gasteiger partial charge in [0.1, 0.15) is 0 Å². The van der Waals surface area contributed by atoms with Gasteiger partial charge in [0.2, 0.25) is 0 Å². The van der Waals surface area contributed by atoms with Crippen molar-refractivity contribution in [1.82, 2.24) is 14.5 Å². The number of nitrogens with one attached hydrogen (secondary N) is 1. The summed E-state index contributed by atoms with van der Waals surface area (Å²) in [5, 5.41) is 1.35. The Hall–Kier alpha value is -3.48. The highest BCUT2D eigenvalue weighted by atomic mass is 19.2. The van der Waals surface area contributed by atoms with E-state index < -0.39 is 23.2 Å². The summed E-state index contributed by atoms with van der Waals surface area (Å²) in [7, 11) is 3.54. The molecule has 0 radical (unpaired) electrons. The lowest BCUT2D eigenvalue weighted by molar-refractivity contribution is 0.0743. The highest BCUT2D eigenvalue weighted by Gasteiger charge is 2.22. The number of carbonyl (C=O) groups excluding carboxylic acids is 1. The maximum absolute atomic E-state index is 13.8. The number of aromatic amines is 1. The van der Waals surface area contributed by atoms with Crippen molar-refractivity contribution < 1.29 is 13.6 Å². The fraction of sp³-hybridized carbons (Fsp3) is 0.182. The van der Waals surface area contributed by atoms with Crippen molar-refractivity contribution in [3.05, 3.63) is 81.9 Å². The molecule has 7 heteroatoms. The quantitative estimate of drug-likeness (QED) is 0.567. The van der Waals surface area contributed by atoms with Crippen LogP contribution < -0.4 is 5.56 Å². The summed E-state index contributed by atoms with van der Waals surface area (Å²) >= 11 is 0. The summed E-state index contributed by atoms with van der Waals surface area (Å²) in [6, 6.07) is 8.82. The Bertz CT molecular complexity index is 1320. The Balaban J connectivity index is 1.75. The zero-order valence-corrected chi connectivity index (χ0v) is 16.2. The molecule has 0 bridgehead atoms. The monoisotopic (exact) mass is 395 g/mol. The minimum absolute atomic E-state index is 0.0410. The third-order valence-corrected chi connectivity index (χ3v) is 5.46. The summed E-state index contributed by atoms with van der Waals surface area (Å²) in [6.07, 6.45) is 3.36. The minimum Gasteiger partial charge on any atom is -0.351 e. The van der Waals surface area contributed by atoms with E-state index in [2.05, 4.69) is 4.98 Å². The lowest BCUT2D eigenvalue weighted by Crippen LogP contribution is -2.30. The molecular weight excluding hydrogens is 376 g/mol. The van der Waals surface area contributed by atoms with Crippen LogP contribution in [0, 0.1) is 11.6 Å². The first-order chi connectivity index (χ1) is 13.8. The average molecular weight is 395 g/mol. The number of aryl methyl sites for hydroxylation is 1. The molecule has 1 amide bonds. The number of nitrogens with zero attached hydrogens (tertiary/aromatic N) is 2. The predicted octanol–water partition coefficient (Wildman–Crippen LogP) is 4.13. The molecule has 148 valence electrons. The Morgan fingerprint density at radius 1 is 1.10 bits per heavy atom. The molecule has 29 heavy (non-hydrogen) atoms. The number of fused-ring (bicyclic) bond motifs is 2. The number of pyridine rings is 1. The van der Waals surface area contributed by atoms with Crippen LogP contribution in [0.4, 0.5) is 8.78 Å². The van der Waals surface area contributed by atoms with E-state index in [1.54, 1.807) is 20.0 Å². The zero-order chi connectivity index (χ0) is 20.9. The normalized spacial score (nSPS) is 12.4. The largest absolute Gasteiger partial charge is 0.351 e. The molecule has 5 nitrogen and oxygen atoms in total. The number of carbonyl (C=O) groups is 1. The van der Waals surface area contributed by atoms with E-state index in [0.717, 1.165) is 23.0 Å². The van der Waals surface area contributed by atoms with Crippen LogP contribution in [-0.2, 0) is 7.05 Å². The van der Waals surface area contributed by atoms with E-state index in [-0.39, 0.29) is 16.7 Å². The molecule has 0 aliphatic heterocycles. The fourth-order valence-corrected chi connectivity index (χ4v) is 3.60. The van der Waals surface area contributed by atoms with Gasteiger partial charge in [0.05, 0.1) is 11.4 Å². The summed E-state index contributed by atoms with van der Waals surface area (Å²) < 4.78 is 29.4. The first-order valence-electron chi connectivity index (χ1n) is 9.10. The number of benzene rings is 2. The lowest BCUT2D eigenvalue weighted by atomic mass is 10.0. The number of hydrogen-bond donors (Lipinski definition) is 1. The van der Waals surface area contributed by atoms with Gasteiger partial charge < -0.3 is 14.5 Å². The first-order valence-corrected chi connectivity index (χ1v) is 9.10. The number of H-pyrrole nitrogens is 1. The van der Waals surface area contributed by atoms with Crippen molar-refractivity contribution in [3.63, 3.8) is 0 Å². The van der Waals surface area contributed by atoms with Crippen LogP contribution in [0.5, 0.6) is 0 Å². The van der Waals surface area contributed by atoms with Crippen molar-refractivity contribution in [3.8, 4) is 0 Å². The molecule has 0 saturated carbocycles. The topological polar surface area (TPSA) is 58.1 Å². The average Bonchev–Trinajstić information content (AvgIpc) is 3.08. The van der Waals surface area contributed by atoms with Gasteiger partial charge in [-0.1, -0.05) is 6.07 Å². The van der Waals surface area contributed by atoms with E-state index in [1.807, 2.05) is 36.0 Å². The van der Waals surface area contributed by atoms with Crippen molar-refractivity contribution in [2.75, 3.05) is 7.05 Å². The summed E-state index contributed by atoms with van der Waals surface area (Å²) in [6.45, 7) is 1.77. The molecule has 2 heterocycles. The van der Waals surface area contributed by atoms with Crippen molar-refractivity contribution in [2.45, 2.75) is 13.0 Å². The van der Waals surface area contributed by atoms with Crippen LogP contribution in [0.3, 0.4) is 0 Å². The second-order valence-electron chi connectivity index (χ2n) is 7.18. The summed E-state index contributed by atoms with van der Waals surface area (Å²) in [5.74, 6) is -2.35. The van der Waals surface area contributed by atoms with E-state index in [9.17, 15) is 18.4 Å². The Labute approximate surface area is 165 Å². The van der Waals surface area contributed by atoms with E-state index in [4.69, 9.17) is 0 Å². The van der Waals surface area contributed by atoms with Gasteiger partial charge in [-0.2, -0.15) is 0 Å². The van der Waals surface area contributed by atoms with Gasteiger partial charge >= 0.3 is 0 Å². The van der Waals surface area contributed by atoms with Gasteiger partial charge in [-0.05, 0) is 53.6 Å². The van der Waals surface area contributed by atoms with Crippen molar-refractivity contribution in [2.24, 2.45) is 7.05 Å². The molecule has 0 aliphatic carbocycles. The Morgan fingerprint density at radius 2 is 1.79 bits per heavy atom. The van der Waals surface area contributed by atoms with Crippen LogP contribution in [0.25, 0.3) is 21.7 Å². The molecule has 2 aromatic heterocycles. The number of hydrogen-bond acceptors (Lipinski definition) is 2. The molecule has 0 unspecified atom stereocenters.